The third-order valence-corrected chi connectivity index (χ3v) is 4.36. The topological polar surface area (TPSA) is 39.7 Å². The average Bonchev–Trinajstić information content (AvgIpc) is 3.15. The van der Waals surface area contributed by atoms with Crippen LogP contribution in [-0.4, -0.2) is 19.9 Å². The van der Waals surface area contributed by atoms with Crippen LogP contribution in [-0.2, 0) is 13.0 Å². The van der Waals surface area contributed by atoms with E-state index >= 15 is 0 Å². The Morgan fingerprint density at radius 1 is 1.38 bits per heavy atom. The Balaban J connectivity index is 1.62. The summed E-state index contributed by atoms with van der Waals surface area (Å²) in [5, 5.41) is 5.65. The Kier molecular flexibility index (Phi) is 4.31. The van der Waals surface area contributed by atoms with E-state index in [0.717, 1.165) is 30.0 Å². The molecule has 4 nitrogen and oxygen atoms in total. The van der Waals surface area contributed by atoms with Gasteiger partial charge >= 0.3 is 0 Å². The fourth-order valence-electron chi connectivity index (χ4n) is 2.38. The third-order valence-electron chi connectivity index (χ3n) is 3.46. The standard InChI is InChI=1S/C16H19NO3S/c1-11(6-13-4-3-5-21-13)17-9-12-7-14(18-2)16-15(8-12)19-10-20-16/h3-5,7-8,11,17H,6,9-10H2,1-2H3. The number of rotatable bonds is 6. The molecule has 1 atom stereocenters. The minimum absolute atomic E-state index is 0.261. The molecule has 1 N–H and O–H groups in total. The molecule has 1 aliphatic heterocycles. The van der Waals surface area contributed by atoms with E-state index in [1.165, 1.54) is 4.88 Å². The van der Waals surface area contributed by atoms with Crippen LogP contribution in [0.4, 0.5) is 0 Å². The predicted octanol–water partition coefficient (Wildman–Crippen LogP) is 3.21. The zero-order chi connectivity index (χ0) is 14.7. The summed E-state index contributed by atoms with van der Waals surface area (Å²) in [4.78, 5) is 1.40. The third kappa shape index (κ3) is 3.31. The van der Waals surface area contributed by atoms with Crippen molar-refractivity contribution in [3.8, 4) is 17.2 Å². The Hall–Kier alpha value is -1.72. The Morgan fingerprint density at radius 3 is 3.05 bits per heavy atom. The predicted molar refractivity (Wildman–Crippen MR) is 83.4 cm³/mol. The minimum Gasteiger partial charge on any atom is -0.493 e. The van der Waals surface area contributed by atoms with Gasteiger partial charge in [0.05, 0.1) is 7.11 Å². The first-order chi connectivity index (χ1) is 10.3. The van der Waals surface area contributed by atoms with Crippen molar-refractivity contribution in [1.82, 2.24) is 5.32 Å². The first-order valence-corrected chi connectivity index (χ1v) is 7.86. The molecule has 0 saturated heterocycles. The Labute approximate surface area is 128 Å². The first-order valence-electron chi connectivity index (χ1n) is 6.98. The van der Waals surface area contributed by atoms with E-state index in [1.807, 2.05) is 12.1 Å². The average molecular weight is 305 g/mol. The van der Waals surface area contributed by atoms with Crippen LogP contribution in [0.25, 0.3) is 0 Å². The van der Waals surface area contributed by atoms with Gasteiger partial charge in [-0.3, -0.25) is 0 Å². The van der Waals surface area contributed by atoms with Gasteiger partial charge in [-0.05, 0) is 42.5 Å². The summed E-state index contributed by atoms with van der Waals surface area (Å²) in [5.74, 6) is 2.19. The highest BCUT2D eigenvalue weighted by Crippen LogP contribution is 2.41. The molecule has 21 heavy (non-hydrogen) atoms. The Bertz CT molecular complexity index is 598. The molecule has 1 unspecified atom stereocenters. The van der Waals surface area contributed by atoms with Crippen LogP contribution in [0.3, 0.4) is 0 Å². The van der Waals surface area contributed by atoms with Crippen LogP contribution in [0.15, 0.2) is 29.6 Å². The van der Waals surface area contributed by atoms with Gasteiger partial charge in [0.2, 0.25) is 12.5 Å². The van der Waals surface area contributed by atoms with E-state index in [2.05, 4.69) is 29.8 Å². The van der Waals surface area contributed by atoms with Crippen LogP contribution in [0.5, 0.6) is 17.2 Å². The highest BCUT2D eigenvalue weighted by atomic mass is 32.1. The summed E-state index contributed by atoms with van der Waals surface area (Å²) >= 11 is 1.80. The van der Waals surface area contributed by atoms with E-state index in [-0.39, 0.29) is 6.79 Å². The number of benzene rings is 1. The van der Waals surface area contributed by atoms with E-state index in [1.54, 1.807) is 18.4 Å². The lowest BCUT2D eigenvalue weighted by Crippen LogP contribution is -2.27. The maximum Gasteiger partial charge on any atom is 0.231 e. The highest BCUT2D eigenvalue weighted by Gasteiger charge is 2.20. The number of hydrogen-bond acceptors (Lipinski definition) is 5. The summed E-state index contributed by atoms with van der Waals surface area (Å²) in [7, 11) is 1.65. The van der Waals surface area contributed by atoms with Crippen molar-refractivity contribution >= 4 is 11.3 Å². The SMILES string of the molecule is COc1cc(CNC(C)Cc2cccs2)cc2c1OCO2. The number of ether oxygens (including phenoxy) is 3. The first kappa shape index (κ1) is 14.2. The maximum absolute atomic E-state index is 5.45. The van der Waals surface area contributed by atoms with Crippen molar-refractivity contribution in [2.24, 2.45) is 0 Å². The lowest BCUT2D eigenvalue weighted by atomic mass is 10.1. The normalized spacial score (nSPS) is 14.2. The minimum atomic E-state index is 0.261. The molecule has 3 rings (SSSR count). The molecular formula is C16H19NO3S. The van der Waals surface area contributed by atoms with E-state index in [9.17, 15) is 0 Å². The summed E-state index contributed by atoms with van der Waals surface area (Å²) in [6.45, 7) is 3.24. The highest BCUT2D eigenvalue weighted by molar-refractivity contribution is 7.09. The lowest BCUT2D eigenvalue weighted by Gasteiger charge is -2.14. The van der Waals surface area contributed by atoms with E-state index < -0.39 is 0 Å². The molecule has 2 heterocycles. The molecule has 0 saturated carbocycles. The largest absolute Gasteiger partial charge is 0.493 e. The molecule has 0 spiro atoms. The number of thiophene rings is 1. The molecule has 0 aliphatic carbocycles. The summed E-state index contributed by atoms with van der Waals surface area (Å²) in [6, 6.07) is 8.69. The molecule has 1 aromatic heterocycles. The second kappa shape index (κ2) is 6.37. The van der Waals surface area contributed by atoms with Gasteiger partial charge in [-0.15, -0.1) is 11.3 Å². The van der Waals surface area contributed by atoms with Gasteiger partial charge in [0, 0.05) is 17.5 Å². The molecular weight excluding hydrogens is 286 g/mol. The lowest BCUT2D eigenvalue weighted by molar-refractivity contribution is 0.171. The quantitative estimate of drug-likeness (QED) is 0.889. The summed E-state index contributed by atoms with van der Waals surface area (Å²) in [5.41, 5.74) is 1.13. The smallest absolute Gasteiger partial charge is 0.231 e. The maximum atomic E-state index is 5.45. The fourth-order valence-corrected chi connectivity index (χ4v) is 3.22. The van der Waals surface area contributed by atoms with Crippen molar-refractivity contribution in [1.29, 1.82) is 0 Å². The van der Waals surface area contributed by atoms with Gasteiger partial charge < -0.3 is 19.5 Å². The zero-order valence-corrected chi connectivity index (χ0v) is 13.0. The van der Waals surface area contributed by atoms with Crippen LogP contribution in [0.1, 0.15) is 17.4 Å². The van der Waals surface area contributed by atoms with E-state index in [4.69, 9.17) is 14.2 Å². The van der Waals surface area contributed by atoms with Gasteiger partial charge in [0.1, 0.15) is 0 Å². The summed E-state index contributed by atoms with van der Waals surface area (Å²) < 4.78 is 16.2. The molecule has 0 amide bonds. The van der Waals surface area contributed by atoms with Crippen LogP contribution >= 0.6 is 11.3 Å². The van der Waals surface area contributed by atoms with Gasteiger partial charge in [0.15, 0.2) is 11.5 Å². The molecule has 5 heteroatoms. The molecule has 0 fully saturated rings. The van der Waals surface area contributed by atoms with Crippen molar-refractivity contribution in [2.75, 3.05) is 13.9 Å². The second-order valence-corrected chi connectivity index (χ2v) is 6.13. The van der Waals surface area contributed by atoms with Crippen molar-refractivity contribution in [3.63, 3.8) is 0 Å². The van der Waals surface area contributed by atoms with E-state index in [0.29, 0.717) is 11.8 Å². The molecule has 0 radical (unpaired) electrons. The molecule has 1 aliphatic rings. The Morgan fingerprint density at radius 2 is 2.29 bits per heavy atom. The zero-order valence-electron chi connectivity index (χ0n) is 12.2. The second-order valence-electron chi connectivity index (χ2n) is 5.10. The fraction of sp³-hybridized carbons (Fsp3) is 0.375. The number of hydrogen-bond donors (Lipinski definition) is 1. The molecule has 1 aromatic carbocycles. The molecule has 0 bridgehead atoms. The molecule has 2 aromatic rings. The van der Waals surface area contributed by atoms with Crippen LogP contribution < -0.4 is 19.5 Å². The van der Waals surface area contributed by atoms with Gasteiger partial charge in [-0.1, -0.05) is 6.07 Å². The van der Waals surface area contributed by atoms with Crippen molar-refractivity contribution in [3.05, 3.63) is 40.1 Å². The number of nitrogens with one attached hydrogen (secondary N) is 1. The van der Waals surface area contributed by atoms with Crippen molar-refractivity contribution in [2.45, 2.75) is 25.9 Å². The summed E-state index contributed by atoms with van der Waals surface area (Å²) in [6.07, 6.45) is 1.04. The number of methoxy groups -OCH3 is 1. The number of fused-ring (bicyclic) bond motifs is 1. The van der Waals surface area contributed by atoms with Gasteiger partial charge in [-0.25, -0.2) is 0 Å². The van der Waals surface area contributed by atoms with Crippen LogP contribution in [0, 0.1) is 0 Å². The van der Waals surface area contributed by atoms with Crippen LogP contribution in [0.2, 0.25) is 0 Å². The monoisotopic (exact) mass is 305 g/mol. The molecule has 112 valence electrons. The van der Waals surface area contributed by atoms with Gasteiger partial charge in [0.25, 0.3) is 0 Å². The van der Waals surface area contributed by atoms with Crippen molar-refractivity contribution < 1.29 is 14.2 Å². The van der Waals surface area contributed by atoms with Gasteiger partial charge in [-0.2, -0.15) is 0 Å².